The molecule has 0 unspecified atom stereocenters. The molecular formula is C6H8FN. The van der Waals surface area contributed by atoms with Gasteiger partial charge in [0.1, 0.15) is 5.83 Å². The zero-order valence-corrected chi connectivity index (χ0v) is 4.52. The number of hydrogen-bond donors (Lipinski definition) is 1. The van der Waals surface area contributed by atoms with Crippen molar-refractivity contribution in [2.45, 2.75) is 0 Å². The quantitative estimate of drug-likeness (QED) is 0.539. The van der Waals surface area contributed by atoms with E-state index in [1.54, 1.807) is 0 Å². The van der Waals surface area contributed by atoms with Crippen LogP contribution >= 0.6 is 0 Å². The summed E-state index contributed by atoms with van der Waals surface area (Å²) in [5.41, 5.74) is 5.21. The molecule has 0 aliphatic carbocycles. The van der Waals surface area contributed by atoms with Gasteiger partial charge in [-0.05, 0) is 12.2 Å². The molecule has 2 N–H and O–H groups in total. The van der Waals surface area contributed by atoms with Crippen LogP contribution in [0.25, 0.3) is 0 Å². The van der Waals surface area contributed by atoms with E-state index >= 15 is 0 Å². The Morgan fingerprint density at radius 2 is 2.12 bits per heavy atom. The summed E-state index contributed by atoms with van der Waals surface area (Å²) >= 11 is 0. The van der Waals surface area contributed by atoms with Crippen LogP contribution in [-0.2, 0) is 0 Å². The minimum Gasteiger partial charge on any atom is -0.399 e. The maximum Gasteiger partial charge on any atom is 0.124 e. The summed E-state index contributed by atoms with van der Waals surface area (Å²) in [6.07, 6.45) is 2.17. The maximum atomic E-state index is 12.0. The van der Waals surface area contributed by atoms with Gasteiger partial charge in [-0.25, -0.2) is 4.39 Å². The Kier molecular flexibility index (Phi) is 2.62. The van der Waals surface area contributed by atoms with Crippen LogP contribution < -0.4 is 5.73 Å². The van der Waals surface area contributed by atoms with Crippen molar-refractivity contribution in [2.24, 2.45) is 5.73 Å². The molecule has 0 heterocycles. The fourth-order valence-electron chi connectivity index (χ4n) is 0.236. The predicted octanol–water partition coefficient (Wildman–Crippen LogP) is 1.50. The molecule has 8 heavy (non-hydrogen) atoms. The lowest BCUT2D eigenvalue weighted by Crippen LogP contribution is -1.88. The third kappa shape index (κ3) is 3.15. The molecule has 0 radical (unpaired) electrons. The molecule has 0 aliphatic rings. The number of allylic oxidation sites excluding steroid dienone is 3. The van der Waals surface area contributed by atoms with Crippen LogP contribution in [0.4, 0.5) is 4.39 Å². The lowest BCUT2D eigenvalue weighted by molar-refractivity contribution is 0.666. The highest BCUT2D eigenvalue weighted by molar-refractivity contribution is 5.19. The van der Waals surface area contributed by atoms with Crippen LogP contribution in [0, 0.1) is 0 Å². The van der Waals surface area contributed by atoms with Gasteiger partial charge in [0.25, 0.3) is 0 Å². The molecule has 44 valence electrons. The van der Waals surface area contributed by atoms with Crippen molar-refractivity contribution < 1.29 is 4.39 Å². The molecule has 0 bridgehead atoms. The first-order valence-electron chi connectivity index (χ1n) is 2.11. The zero-order valence-electron chi connectivity index (χ0n) is 4.52. The van der Waals surface area contributed by atoms with Crippen molar-refractivity contribution in [3.8, 4) is 0 Å². The molecule has 0 saturated heterocycles. The second-order valence-electron chi connectivity index (χ2n) is 1.31. The summed E-state index contributed by atoms with van der Waals surface area (Å²) in [4.78, 5) is 0. The summed E-state index contributed by atoms with van der Waals surface area (Å²) in [5.74, 6) is -0.461. The normalized spacial score (nSPS) is 10.9. The molecule has 1 nitrogen and oxygen atoms in total. The molecular weight excluding hydrogens is 105 g/mol. The molecule has 0 fully saturated rings. The van der Waals surface area contributed by atoms with E-state index < -0.39 is 5.83 Å². The van der Waals surface area contributed by atoms with Crippen molar-refractivity contribution in [2.75, 3.05) is 0 Å². The molecule has 0 rings (SSSR count). The number of rotatable bonds is 2. The highest BCUT2D eigenvalue weighted by atomic mass is 19.1. The number of nitrogens with two attached hydrogens (primary N) is 1. The molecule has 0 amide bonds. The summed E-state index contributed by atoms with van der Waals surface area (Å²) in [5, 5.41) is 0. The van der Waals surface area contributed by atoms with Gasteiger partial charge in [0.15, 0.2) is 0 Å². The number of halogens is 1. The van der Waals surface area contributed by atoms with Crippen molar-refractivity contribution in [1.29, 1.82) is 0 Å². The molecule has 0 saturated carbocycles. The zero-order chi connectivity index (χ0) is 6.57. The summed E-state index contributed by atoms with van der Waals surface area (Å²) in [7, 11) is 0. The highest BCUT2D eigenvalue weighted by Crippen LogP contribution is 1.97. The average molecular weight is 113 g/mol. The summed E-state index contributed by atoms with van der Waals surface area (Å²) < 4.78 is 12.0. The van der Waals surface area contributed by atoms with Gasteiger partial charge in [0.2, 0.25) is 0 Å². The second-order valence-corrected chi connectivity index (χ2v) is 1.31. The van der Waals surface area contributed by atoms with Gasteiger partial charge in [0.05, 0.1) is 0 Å². The lowest BCUT2D eigenvalue weighted by Gasteiger charge is -1.84. The Morgan fingerprint density at radius 1 is 1.62 bits per heavy atom. The third-order valence-electron chi connectivity index (χ3n) is 0.518. The van der Waals surface area contributed by atoms with E-state index in [1.807, 2.05) is 0 Å². The van der Waals surface area contributed by atoms with Gasteiger partial charge in [-0.3, -0.25) is 0 Å². The SMILES string of the molecule is C=C/C(F)=C\C(=C)N. The lowest BCUT2D eigenvalue weighted by atomic mass is 10.4. The first kappa shape index (κ1) is 6.95. The first-order chi connectivity index (χ1) is 3.66. The largest absolute Gasteiger partial charge is 0.399 e. The summed E-state index contributed by atoms with van der Waals surface area (Å²) in [6, 6.07) is 0. The molecule has 0 atom stereocenters. The van der Waals surface area contributed by atoms with E-state index in [0.717, 1.165) is 12.2 Å². The second kappa shape index (κ2) is 3.02. The van der Waals surface area contributed by atoms with Crippen LogP contribution in [0.2, 0.25) is 0 Å². The average Bonchev–Trinajstić information content (AvgIpc) is 1.65. The van der Waals surface area contributed by atoms with Gasteiger partial charge in [-0.1, -0.05) is 13.2 Å². The van der Waals surface area contributed by atoms with Crippen molar-refractivity contribution >= 4 is 0 Å². The highest BCUT2D eigenvalue weighted by Gasteiger charge is 1.82. The third-order valence-corrected chi connectivity index (χ3v) is 0.518. The molecule has 0 aromatic carbocycles. The fraction of sp³-hybridized carbons (Fsp3) is 0. The van der Waals surface area contributed by atoms with E-state index in [4.69, 9.17) is 5.73 Å². The molecule has 2 heteroatoms. The van der Waals surface area contributed by atoms with E-state index in [-0.39, 0.29) is 5.70 Å². The monoisotopic (exact) mass is 113 g/mol. The van der Waals surface area contributed by atoms with Crippen LogP contribution in [0.5, 0.6) is 0 Å². The maximum absolute atomic E-state index is 12.0. The van der Waals surface area contributed by atoms with Crippen molar-refractivity contribution in [3.05, 3.63) is 36.8 Å². The van der Waals surface area contributed by atoms with Crippen LogP contribution in [-0.4, -0.2) is 0 Å². The smallest absolute Gasteiger partial charge is 0.124 e. The van der Waals surface area contributed by atoms with Gasteiger partial charge in [0, 0.05) is 5.70 Å². The Bertz CT molecular complexity index is 135. The standard InChI is InChI=1S/C6H8FN/c1-3-6(7)4-5(2)8/h3-4H,1-2,8H2/b6-4+. The first-order valence-corrected chi connectivity index (χ1v) is 2.11. The topological polar surface area (TPSA) is 26.0 Å². The van der Waals surface area contributed by atoms with E-state index in [1.165, 1.54) is 0 Å². The van der Waals surface area contributed by atoms with E-state index in [2.05, 4.69) is 13.2 Å². The number of hydrogen-bond acceptors (Lipinski definition) is 1. The van der Waals surface area contributed by atoms with Gasteiger partial charge in [-0.15, -0.1) is 0 Å². The minimum absolute atomic E-state index is 0.197. The Hall–Kier alpha value is -1.05. The fourth-order valence-corrected chi connectivity index (χ4v) is 0.236. The van der Waals surface area contributed by atoms with Crippen LogP contribution in [0.3, 0.4) is 0 Å². The minimum atomic E-state index is -0.461. The van der Waals surface area contributed by atoms with Crippen molar-refractivity contribution in [1.82, 2.24) is 0 Å². The Balaban J connectivity index is 3.94. The predicted molar refractivity (Wildman–Crippen MR) is 32.7 cm³/mol. The van der Waals surface area contributed by atoms with E-state index in [9.17, 15) is 4.39 Å². The summed E-state index contributed by atoms with van der Waals surface area (Å²) in [6.45, 7) is 6.43. The van der Waals surface area contributed by atoms with Gasteiger partial charge < -0.3 is 5.73 Å². The Morgan fingerprint density at radius 3 is 2.25 bits per heavy atom. The molecule has 0 aliphatic heterocycles. The van der Waals surface area contributed by atoms with Crippen LogP contribution in [0.1, 0.15) is 0 Å². The molecule has 0 spiro atoms. The van der Waals surface area contributed by atoms with E-state index in [0.29, 0.717) is 0 Å². The molecule has 0 aromatic heterocycles. The van der Waals surface area contributed by atoms with Gasteiger partial charge in [-0.2, -0.15) is 0 Å². The van der Waals surface area contributed by atoms with Gasteiger partial charge >= 0.3 is 0 Å². The van der Waals surface area contributed by atoms with Crippen molar-refractivity contribution in [3.63, 3.8) is 0 Å². The molecule has 0 aromatic rings. The Labute approximate surface area is 48.0 Å². The van der Waals surface area contributed by atoms with Crippen LogP contribution in [0.15, 0.2) is 36.8 Å².